The van der Waals surface area contributed by atoms with Crippen LogP contribution in [0.3, 0.4) is 0 Å². The fraction of sp³-hybridized carbons (Fsp3) is 0.755. The van der Waals surface area contributed by atoms with Crippen molar-refractivity contribution in [2.24, 2.45) is 0 Å². The standard InChI is InChI=1S/C53H97N2O6P/c1-6-8-10-12-14-16-18-19-20-21-22-23-24-25-26-27-28-29-30-31-32-33-34-35-37-39-41-43-45-47-53(57)54-51(50-61-62(58,59)60-49-48-55(3,4)5)52(56)46-44-42-40-38-36-17-15-13-11-9-7-2/h8,10,14,16,19-20,22-23,25-26,28-29,51-52,56H,6-7,9,11-13,15,17-18,21,24,27,30-50H2,1-5H3,(H-,54,57,58,59)/b10-8-,16-14-,20-19-,23-22-,26-25-,29-28-. The molecule has 0 saturated heterocycles. The molecule has 0 aliphatic heterocycles. The van der Waals surface area contributed by atoms with E-state index in [0.717, 1.165) is 83.5 Å². The van der Waals surface area contributed by atoms with E-state index in [4.69, 9.17) is 9.05 Å². The molecule has 0 fully saturated rings. The van der Waals surface area contributed by atoms with Gasteiger partial charge in [0, 0.05) is 6.42 Å². The van der Waals surface area contributed by atoms with Crippen LogP contribution in [-0.2, 0) is 18.4 Å². The zero-order valence-electron chi connectivity index (χ0n) is 40.8. The Balaban J connectivity index is 4.15. The lowest BCUT2D eigenvalue weighted by molar-refractivity contribution is -0.870. The monoisotopic (exact) mass is 889 g/mol. The Bertz CT molecular complexity index is 1240. The molecule has 0 saturated carbocycles. The molecule has 0 aliphatic carbocycles. The van der Waals surface area contributed by atoms with Crippen LogP contribution in [-0.4, -0.2) is 68.5 Å². The highest BCUT2D eigenvalue weighted by atomic mass is 31.2. The Morgan fingerprint density at radius 2 is 0.984 bits per heavy atom. The third-order valence-corrected chi connectivity index (χ3v) is 11.9. The SMILES string of the molecule is CC/C=C\C/C=C\C/C=C\C/C=C\C/C=C\C/C=C\CCCCCCCCCCCCC(=O)NC(COP(=O)([O-])OCC[N+](C)(C)C)C(O)CCCCCCCCCCCCC. The minimum Gasteiger partial charge on any atom is -0.756 e. The van der Waals surface area contributed by atoms with Crippen molar-refractivity contribution in [2.75, 3.05) is 40.9 Å². The number of allylic oxidation sites excluding steroid dienone is 12. The van der Waals surface area contributed by atoms with Gasteiger partial charge >= 0.3 is 0 Å². The van der Waals surface area contributed by atoms with Gasteiger partial charge in [0.2, 0.25) is 5.91 Å². The Hall–Kier alpha value is -2.06. The molecule has 0 aromatic heterocycles. The first-order valence-electron chi connectivity index (χ1n) is 25.3. The van der Waals surface area contributed by atoms with E-state index in [9.17, 15) is 19.4 Å². The summed E-state index contributed by atoms with van der Waals surface area (Å²) in [6.07, 6.45) is 59.2. The number of unbranched alkanes of at least 4 members (excludes halogenated alkanes) is 20. The number of aliphatic hydroxyl groups excluding tert-OH is 1. The number of phosphoric acid groups is 1. The number of hydrogen-bond donors (Lipinski definition) is 2. The van der Waals surface area contributed by atoms with Crippen molar-refractivity contribution in [3.63, 3.8) is 0 Å². The molecule has 0 aromatic rings. The van der Waals surface area contributed by atoms with Gasteiger partial charge < -0.3 is 28.8 Å². The van der Waals surface area contributed by atoms with Crippen LogP contribution >= 0.6 is 7.82 Å². The molecule has 0 aliphatic rings. The van der Waals surface area contributed by atoms with E-state index in [0.29, 0.717) is 23.9 Å². The topological polar surface area (TPSA) is 108 Å². The van der Waals surface area contributed by atoms with Gasteiger partial charge in [0.25, 0.3) is 7.82 Å². The number of nitrogens with zero attached hydrogens (tertiary/aromatic N) is 1. The zero-order valence-corrected chi connectivity index (χ0v) is 41.7. The molecular weight excluding hydrogens is 792 g/mol. The van der Waals surface area contributed by atoms with E-state index >= 15 is 0 Å². The lowest BCUT2D eigenvalue weighted by atomic mass is 10.0. The minimum atomic E-state index is -4.57. The summed E-state index contributed by atoms with van der Waals surface area (Å²) in [4.78, 5) is 25.4. The average Bonchev–Trinajstić information content (AvgIpc) is 3.23. The highest BCUT2D eigenvalue weighted by Gasteiger charge is 2.24. The first-order valence-corrected chi connectivity index (χ1v) is 26.7. The summed E-state index contributed by atoms with van der Waals surface area (Å²) < 4.78 is 23.3. The van der Waals surface area contributed by atoms with Crippen LogP contribution in [0.15, 0.2) is 72.9 Å². The molecule has 0 heterocycles. The van der Waals surface area contributed by atoms with E-state index in [2.05, 4.69) is 92.1 Å². The van der Waals surface area contributed by atoms with Crippen molar-refractivity contribution < 1.29 is 32.9 Å². The summed E-state index contributed by atoms with van der Waals surface area (Å²) in [6.45, 7) is 4.58. The third-order valence-electron chi connectivity index (χ3n) is 11.0. The van der Waals surface area contributed by atoms with Gasteiger partial charge in [-0.3, -0.25) is 9.36 Å². The second-order valence-electron chi connectivity index (χ2n) is 18.1. The maximum Gasteiger partial charge on any atom is 0.268 e. The summed E-state index contributed by atoms with van der Waals surface area (Å²) in [5, 5.41) is 13.9. The fourth-order valence-electron chi connectivity index (χ4n) is 6.98. The first kappa shape index (κ1) is 59.9. The van der Waals surface area contributed by atoms with Crippen molar-refractivity contribution in [1.29, 1.82) is 0 Å². The summed E-state index contributed by atoms with van der Waals surface area (Å²) in [6, 6.07) is -0.805. The molecule has 3 atom stereocenters. The fourth-order valence-corrected chi connectivity index (χ4v) is 7.71. The summed E-state index contributed by atoms with van der Waals surface area (Å²) in [5.41, 5.74) is 0. The molecule has 8 nitrogen and oxygen atoms in total. The minimum absolute atomic E-state index is 0.00826. The third kappa shape index (κ3) is 45.9. The molecule has 3 unspecified atom stereocenters. The normalized spacial score (nSPS) is 14.8. The average molecular weight is 889 g/mol. The van der Waals surface area contributed by atoms with Gasteiger partial charge in [-0.1, -0.05) is 209 Å². The highest BCUT2D eigenvalue weighted by molar-refractivity contribution is 7.45. The lowest BCUT2D eigenvalue weighted by Crippen LogP contribution is -2.46. The Labute approximate surface area is 383 Å². The smallest absolute Gasteiger partial charge is 0.268 e. The second kappa shape index (κ2) is 44.2. The van der Waals surface area contributed by atoms with E-state index in [1.807, 2.05) is 21.1 Å². The lowest BCUT2D eigenvalue weighted by Gasteiger charge is -2.30. The van der Waals surface area contributed by atoms with E-state index in [1.165, 1.54) is 96.3 Å². The molecular formula is C53H97N2O6P. The number of likely N-dealkylation sites (N-methyl/N-ethyl adjacent to an activating group) is 1. The quantitative estimate of drug-likeness (QED) is 0.0273. The van der Waals surface area contributed by atoms with Crippen molar-refractivity contribution in [3.05, 3.63) is 72.9 Å². The molecule has 1 amide bonds. The Morgan fingerprint density at radius 3 is 1.44 bits per heavy atom. The predicted octanol–water partition coefficient (Wildman–Crippen LogP) is 14.1. The van der Waals surface area contributed by atoms with Crippen LogP contribution in [0.1, 0.15) is 206 Å². The summed E-state index contributed by atoms with van der Waals surface area (Å²) in [5.74, 6) is -0.174. The van der Waals surface area contributed by atoms with Crippen molar-refractivity contribution >= 4 is 13.7 Å². The Kier molecular flexibility index (Phi) is 42.7. The van der Waals surface area contributed by atoms with Crippen molar-refractivity contribution in [1.82, 2.24) is 5.32 Å². The van der Waals surface area contributed by atoms with Gasteiger partial charge in [0.05, 0.1) is 39.9 Å². The first-order chi connectivity index (χ1) is 30.0. The largest absolute Gasteiger partial charge is 0.756 e. The van der Waals surface area contributed by atoms with Crippen molar-refractivity contribution in [2.45, 2.75) is 219 Å². The molecule has 0 rings (SSSR count). The van der Waals surface area contributed by atoms with Gasteiger partial charge in [-0.2, -0.15) is 0 Å². The molecule has 0 aromatic carbocycles. The maximum atomic E-state index is 12.9. The van der Waals surface area contributed by atoms with Crippen LogP contribution in [0.5, 0.6) is 0 Å². The van der Waals surface area contributed by atoms with Gasteiger partial charge in [0.1, 0.15) is 13.2 Å². The van der Waals surface area contributed by atoms with E-state index in [-0.39, 0.29) is 19.1 Å². The number of amides is 1. The molecule has 360 valence electrons. The van der Waals surface area contributed by atoms with Crippen LogP contribution in [0, 0.1) is 0 Å². The zero-order chi connectivity index (χ0) is 45.7. The summed E-state index contributed by atoms with van der Waals surface area (Å²) >= 11 is 0. The van der Waals surface area contributed by atoms with Crippen LogP contribution in [0.4, 0.5) is 0 Å². The molecule has 0 radical (unpaired) electrons. The van der Waals surface area contributed by atoms with Crippen LogP contribution in [0.2, 0.25) is 0 Å². The summed E-state index contributed by atoms with van der Waals surface area (Å²) in [7, 11) is 1.29. The van der Waals surface area contributed by atoms with Crippen LogP contribution < -0.4 is 10.2 Å². The number of nitrogens with one attached hydrogen (secondary N) is 1. The van der Waals surface area contributed by atoms with Gasteiger partial charge in [-0.15, -0.1) is 0 Å². The molecule has 9 heteroatoms. The number of rotatable bonds is 45. The number of hydrogen-bond acceptors (Lipinski definition) is 6. The number of carbonyl (C=O) groups is 1. The molecule has 62 heavy (non-hydrogen) atoms. The molecule has 2 N–H and O–H groups in total. The van der Waals surface area contributed by atoms with E-state index < -0.39 is 20.0 Å². The molecule has 0 spiro atoms. The predicted molar refractivity (Wildman–Crippen MR) is 265 cm³/mol. The number of quaternary nitrogens is 1. The highest BCUT2D eigenvalue weighted by Crippen LogP contribution is 2.38. The van der Waals surface area contributed by atoms with Gasteiger partial charge in [-0.25, -0.2) is 0 Å². The second-order valence-corrected chi connectivity index (χ2v) is 19.6. The van der Waals surface area contributed by atoms with E-state index in [1.54, 1.807) is 0 Å². The van der Waals surface area contributed by atoms with Gasteiger partial charge in [-0.05, 0) is 64.2 Å². The number of aliphatic hydroxyl groups is 1. The Morgan fingerprint density at radius 1 is 0.581 bits per heavy atom. The maximum absolute atomic E-state index is 12.9. The van der Waals surface area contributed by atoms with Gasteiger partial charge in [0.15, 0.2) is 0 Å². The molecule has 0 bridgehead atoms. The van der Waals surface area contributed by atoms with Crippen LogP contribution in [0.25, 0.3) is 0 Å². The van der Waals surface area contributed by atoms with Crippen molar-refractivity contribution in [3.8, 4) is 0 Å². The number of phosphoric ester groups is 1. The number of carbonyl (C=O) groups excluding carboxylic acids is 1.